The van der Waals surface area contributed by atoms with Gasteiger partial charge in [-0.1, -0.05) is 42.5 Å². The maximum atomic E-state index is 5.95. The Hall–Kier alpha value is -3.31. The van der Waals surface area contributed by atoms with Gasteiger partial charge in [0, 0.05) is 6.54 Å². The number of rotatable bonds is 8. The number of hydrogen-bond acceptors (Lipinski definition) is 5. The summed E-state index contributed by atoms with van der Waals surface area (Å²) in [6, 6.07) is 26.0. The summed E-state index contributed by atoms with van der Waals surface area (Å²) in [6.45, 7) is 3.95. The fourth-order valence-electron chi connectivity index (χ4n) is 4.25. The van der Waals surface area contributed by atoms with Gasteiger partial charge in [-0.3, -0.25) is 4.90 Å². The lowest BCUT2D eigenvalue weighted by Gasteiger charge is -2.31. The molecule has 1 aliphatic heterocycles. The predicted octanol–water partition coefficient (Wildman–Crippen LogP) is 5.95. The zero-order valence-electron chi connectivity index (χ0n) is 18.2. The summed E-state index contributed by atoms with van der Waals surface area (Å²) in [5.41, 5.74) is 2.95. The van der Waals surface area contributed by atoms with E-state index in [0.717, 1.165) is 36.8 Å². The second kappa shape index (κ2) is 9.88. The second-order valence-corrected chi connectivity index (χ2v) is 8.34. The molecule has 0 aliphatic carbocycles. The van der Waals surface area contributed by atoms with Crippen molar-refractivity contribution in [1.82, 2.24) is 9.88 Å². The van der Waals surface area contributed by atoms with E-state index in [1.165, 1.54) is 24.8 Å². The third-order valence-corrected chi connectivity index (χ3v) is 6.05. The van der Waals surface area contributed by atoms with Gasteiger partial charge in [0.1, 0.15) is 23.6 Å². The molecule has 1 aromatic heterocycles. The minimum absolute atomic E-state index is 0.246. The summed E-state index contributed by atoms with van der Waals surface area (Å²) in [4.78, 5) is 6.84. The molecule has 0 atom stereocenters. The standard InChI is InChI=1S/C27H28N2O3/c1-2-6-21(7-3-1)20-22-14-16-29(17-15-22)18-19-30-23-10-12-24(13-11-23)31-27-28-25-8-4-5-9-26(25)32-27/h1-13,22H,14-20H2. The summed E-state index contributed by atoms with van der Waals surface area (Å²) in [5.74, 6) is 2.31. The molecular formula is C27H28N2O3. The molecule has 5 rings (SSSR count). The summed E-state index contributed by atoms with van der Waals surface area (Å²) in [5, 5.41) is 0. The summed E-state index contributed by atoms with van der Waals surface area (Å²) >= 11 is 0. The molecule has 1 saturated heterocycles. The number of piperidine rings is 1. The first-order valence-corrected chi connectivity index (χ1v) is 11.3. The van der Waals surface area contributed by atoms with Crippen LogP contribution in [0.3, 0.4) is 0 Å². The molecule has 0 spiro atoms. The van der Waals surface area contributed by atoms with Gasteiger partial charge in [-0.2, -0.15) is 4.98 Å². The zero-order valence-corrected chi connectivity index (χ0v) is 18.2. The lowest BCUT2D eigenvalue weighted by molar-refractivity contribution is 0.155. The molecule has 0 saturated carbocycles. The van der Waals surface area contributed by atoms with Gasteiger partial charge in [-0.25, -0.2) is 0 Å². The fourth-order valence-corrected chi connectivity index (χ4v) is 4.25. The van der Waals surface area contributed by atoms with Crippen LogP contribution in [0.1, 0.15) is 18.4 Å². The minimum atomic E-state index is 0.246. The minimum Gasteiger partial charge on any atom is -0.492 e. The zero-order chi connectivity index (χ0) is 21.6. The molecule has 1 aliphatic rings. The molecule has 164 valence electrons. The van der Waals surface area contributed by atoms with Crippen molar-refractivity contribution in [3.8, 4) is 17.6 Å². The van der Waals surface area contributed by atoms with E-state index < -0.39 is 0 Å². The van der Waals surface area contributed by atoms with Gasteiger partial charge < -0.3 is 13.9 Å². The SMILES string of the molecule is c1ccc(CC2CCN(CCOc3ccc(Oc4nc5ccccc5o4)cc3)CC2)cc1. The van der Waals surface area contributed by atoms with Crippen molar-refractivity contribution in [1.29, 1.82) is 0 Å². The molecule has 0 radical (unpaired) electrons. The van der Waals surface area contributed by atoms with Crippen LogP contribution in [0, 0.1) is 5.92 Å². The fraction of sp³-hybridized carbons (Fsp3) is 0.296. The molecule has 4 aromatic rings. The highest BCUT2D eigenvalue weighted by atomic mass is 16.6. The number of likely N-dealkylation sites (tertiary alicyclic amines) is 1. The molecule has 1 fully saturated rings. The molecule has 5 heteroatoms. The highest BCUT2D eigenvalue weighted by Gasteiger charge is 2.19. The maximum Gasteiger partial charge on any atom is 0.400 e. The maximum absolute atomic E-state index is 5.95. The van der Waals surface area contributed by atoms with Crippen LogP contribution >= 0.6 is 0 Å². The van der Waals surface area contributed by atoms with Crippen molar-refractivity contribution < 1.29 is 13.9 Å². The van der Waals surface area contributed by atoms with Gasteiger partial charge in [0.25, 0.3) is 0 Å². The van der Waals surface area contributed by atoms with Gasteiger partial charge in [-0.15, -0.1) is 0 Å². The van der Waals surface area contributed by atoms with Crippen LogP contribution in [0.25, 0.3) is 11.1 Å². The Kier molecular flexibility index (Phi) is 6.35. The molecule has 3 aromatic carbocycles. The number of aromatic nitrogens is 1. The Morgan fingerprint density at radius 3 is 2.34 bits per heavy atom. The average Bonchev–Trinajstić information content (AvgIpc) is 3.24. The van der Waals surface area contributed by atoms with E-state index in [4.69, 9.17) is 13.9 Å². The number of ether oxygens (including phenoxy) is 2. The van der Waals surface area contributed by atoms with Gasteiger partial charge in [-0.05, 0) is 80.2 Å². The molecule has 5 nitrogen and oxygen atoms in total. The lowest BCUT2D eigenvalue weighted by Crippen LogP contribution is -2.36. The van der Waals surface area contributed by atoms with E-state index in [1.54, 1.807) is 0 Å². The summed E-state index contributed by atoms with van der Waals surface area (Å²) in [6.07, 6.45) is 3.96. The molecule has 2 heterocycles. The summed E-state index contributed by atoms with van der Waals surface area (Å²) < 4.78 is 17.3. The van der Waals surface area contributed by atoms with Gasteiger partial charge in [0.15, 0.2) is 5.58 Å². The van der Waals surface area contributed by atoms with Crippen molar-refractivity contribution in [2.24, 2.45) is 5.92 Å². The van der Waals surface area contributed by atoms with Crippen LogP contribution in [0.4, 0.5) is 0 Å². The molecule has 0 N–H and O–H groups in total. The van der Waals surface area contributed by atoms with Crippen LogP contribution < -0.4 is 9.47 Å². The van der Waals surface area contributed by atoms with Crippen molar-refractivity contribution >= 4 is 11.1 Å². The first-order valence-electron chi connectivity index (χ1n) is 11.3. The largest absolute Gasteiger partial charge is 0.492 e. The van der Waals surface area contributed by atoms with Crippen LogP contribution in [0.5, 0.6) is 17.6 Å². The van der Waals surface area contributed by atoms with E-state index in [-0.39, 0.29) is 6.08 Å². The quantitative estimate of drug-likeness (QED) is 0.347. The molecule has 32 heavy (non-hydrogen) atoms. The molecule has 0 amide bonds. The number of oxazole rings is 1. The highest BCUT2D eigenvalue weighted by molar-refractivity contribution is 5.72. The van der Waals surface area contributed by atoms with E-state index in [2.05, 4.69) is 40.2 Å². The molecule has 0 bridgehead atoms. The van der Waals surface area contributed by atoms with Crippen LogP contribution in [-0.4, -0.2) is 36.1 Å². The number of benzene rings is 3. The third-order valence-electron chi connectivity index (χ3n) is 6.05. The van der Waals surface area contributed by atoms with E-state index in [0.29, 0.717) is 17.9 Å². The predicted molar refractivity (Wildman–Crippen MR) is 125 cm³/mol. The van der Waals surface area contributed by atoms with E-state index >= 15 is 0 Å². The van der Waals surface area contributed by atoms with Crippen LogP contribution in [0.2, 0.25) is 0 Å². The van der Waals surface area contributed by atoms with Crippen molar-refractivity contribution in [3.63, 3.8) is 0 Å². The highest BCUT2D eigenvalue weighted by Crippen LogP contribution is 2.27. The lowest BCUT2D eigenvalue weighted by atomic mass is 9.90. The first kappa shape index (κ1) is 20.6. The first-order chi connectivity index (χ1) is 15.8. The Balaban J connectivity index is 1.04. The Labute approximate surface area is 188 Å². The van der Waals surface area contributed by atoms with Crippen LogP contribution in [0.15, 0.2) is 83.3 Å². The summed E-state index contributed by atoms with van der Waals surface area (Å²) in [7, 11) is 0. The third kappa shape index (κ3) is 5.29. The van der Waals surface area contributed by atoms with E-state index in [9.17, 15) is 0 Å². The number of fused-ring (bicyclic) bond motifs is 1. The number of nitrogens with zero attached hydrogens (tertiary/aromatic N) is 2. The Morgan fingerprint density at radius 2 is 1.56 bits per heavy atom. The van der Waals surface area contributed by atoms with Crippen molar-refractivity contribution in [2.45, 2.75) is 19.3 Å². The topological polar surface area (TPSA) is 47.7 Å². The van der Waals surface area contributed by atoms with Gasteiger partial charge >= 0.3 is 6.08 Å². The van der Waals surface area contributed by atoms with Gasteiger partial charge in [0.05, 0.1) is 0 Å². The second-order valence-electron chi connectivity index (χ2n) is 8.34. The van der Waals surface area contributed by atoms with E-state index in [1.807, 2.05) is 48.5 Å². The molecular weight excluding hydrogens is 400 g/mol. The van der Waals surface area contributed by atoms with Gasteiger partial charge in [0.2, 0.25) is 0 Å². The normalized spacial score (nSPS) is 15.1. The smallest absolute Gasteiger partial charge is 0.400 e. The Morgan fingerprint density at radius 1 is 0.844 bits per heavy atom. The monoisotopic (exact) mass is 428 g/mol. The molecule has 0 unspecified atom stereocenters. The van der Waals surface area contributed by atoms with Crippen molar-refractivity contribution in [3.05, 3.63) is 84.4 Å². The number of para-hydroxylation sites is 2. The van der Waals surface area contributed by atoms with Crippen LogP contribution in [-0.2, 0) is 6.42 Å². The number of hydrogen-bond donors (Lipinski definition) is 0. The Bertz CT molecular complexity index is 1080. The average molecular weight is 429 g/mol. The van der Waals surface area contributed by atoms with Crippen molar-refractivity contribution in [2.75, 3.05) is 26.2 Å².